The summed E-state index contributed by atoms with van der Waals surface area (Å²) in [6, 6.07) is 10.7. The van der Waals surface area contributed by atoms with E-state index < -0.39 is 0 Å². The third-order valence-corrected chi connectivity index (χ3v) is 5.14. The van der Waals surface area contributed by atoms with Gasteiger partial charge in [0.05, 0.1) is 13.7 Å². The lowest BCUT2D eigenvalue weighted by Crippen LogP contribution is -2.30. The number of carbonyl (C=O) groups is 1. The summed E-state index contributed by atoms with van der Waals surface area (Å²) >= 11 is 0. The van der Waals surface area contributed by atoms with Gasteiger partial charge in [0.1, 0.15) is 18.2 Å². The maximum atomic E-state index is 11.4. The number of nitrogens with one attached hydrogen (secondary N) is 1. The Hall–Kier alpha value is -2.67. The molecule has 0 saturated carbocycles. The van der Waals surface area contributed by atoms with Gasteiger partial charge in [0, 0.05) is 25.2 Å². The lowest BCUT2D eigenvalue weighted by Gasteiger charge is -2.16. The molecule has 142 valence electrons. The molecule has 0 radical (unpaired) electrons. The van der Waals surface area contributed by atoms with E-state index in [1.165, 1.54) is 24.6 Å². The smallest absolute Gasteiger partial charge is 0.319 e. The highest BCUT2D eigenvalue weighted by molar-refractivity contribution is 5.71. The number of hydrogen-bond acceptors (Lipinski definition) is 7. The van der Waals surface area contributed by atoms with E-state index in [1.54, 1.807) is 0 Å². The number of benzene rings is 1. The van der Waals surface area contributed by atoms with E-state index in [1.807, 2.05) is 11.0 Å². The fourth-order valence-corrected chi connectivity index (χ4v) is 3.81. The Balaban J connectivity index is 1.32. The van der Waals surface area contributed by atoms with E-state index in [0.717, 1.165) is 31.6 Å². The second-order valence-corrected chi connectivity index (χ2v) is 7.10. The molecular weight excluding hydrogens is 344 g/mol. The number of methoxy groups -OCH3 is 1. The fourth-order valence-electron chi connectivity index (χ4n) is 3.81. The lowest BCUT2D eigenvalue weighted by molar-refractivity contribution is -0.141. The Kier molecular flexibility index (Phi) is 5.20. The summed E-state index contributed by atoms with van der Waals surface area (Å²) < 4.78 is 10.7. The monoisotopic (exact) mass is 368 g/mol. The van der Waals surface area contributed by atoms with E-state index in [2.05, 4.69) is 39.6 Å². The minimum Gasteiger partial charge on any atom is -0.473 e. The van der Waals surface area contributed by atoms with Crippen LogP contribution in [0.2, 0.25) is 0 Å². The first-order valence-corrected chi connectivity index (χ1v) is 9.31. The van der Waals surface area contributed by atoms with Crippen molar-refractivity contribution in [1.82, 2.24) is 14.9 Å². The van der Waals surface area contributed by atoms with Gasteiger partial charge in [0.25, 0.3) is 0 Å². The number of hydrogen-bond donors (Lipinski definition) is 1. The lowest BCUT2D eigenvalue weighted by atomic mass is 10.1. The van der Waals surface area contributed by atoms with Gasteiger partial charge in [-0.15, -0.1) is 0 Å². The van der Waals surface area contributed by atoms with E-state index >= 15 is 0 Å². The SMILES string of the molecule is COC(=O)CN1CCC(Oc2cc(NC3Cc4ccccc4C3)ncn2)C1. The zero-order valence-corrected chi connectivity index (χ0v) is 15.4. The fraction of sp³-hybridized carbons (Fsp3) is 0.450. The number of nitrogens with zero attached hydrogens (tertiary/aromatic N) is 3. The molecule has 2 heterocycles. The van der Waals surface area contributed by atoms with Gasteiger partial charge in [0.2, 0.25) is 5.88 Å². The van der Waals surface area contributed by atoms with Crippen LogP contribution in [0, 0.1) is 0 Å². The molecule has 1 N–H and O–H groups in total. The minimum absolute atomic E-state index is 0.0214. The summed E-state index contributed by atoms with van der Waals surface area (Å²) in [7, 11) is 1.41. The van der Waals surface area contributed by atoms with Gasteiger partial charge in [-0.25, -0.2) is 9.97 Å². The van der Waals surface area contributed by atoms with Gasteiger partial charge in [-0.3, -0.25) is 9.69 Å². The summed E-state index contributed by atoms with van der Waals surface area (Å²) in [4.78, 5) is 22.0. The van der Waals surface area contributed by atoms with Gasteiger partial charge < -0.3 is 14.8 Å². The van der Waals surface area contributed by atoms with E-state index in [4.69, 9.17) is 9.47 Å². The van der Waals surface area contributed by atoms with Crippen LogP contribution in [0.1, 0.15) is 17.5 Å². The second kappa shape index (κ2) is 7.92. The first-order valence-electron chi connectivity index (χ1n) is 9.31. The third kappa shape index (κ3) is 4.36. The summed E-state index contributed by atoms with van der Waals surface area (Å²) in [6.45, 7) is 1.81. The van der Waals surface area contributed by atoms with Gasteiger partial charge in [-0.1, -0.05) is 24.3 Å². The molecule has 1 aromatic carbocycles. The maximum Gasteiger partial charge on any atom is 0.319 e. The molecular formula is C20H24N4O3. The maximum absolute atomic E-state index is 11.4. The Morgan fingerprint density at radius 3 is 2.78 bits per heavy atom. The first kappa shape index (κ1) is 17.7. The molecule has 2 aliphatic rings. The van der Waals surface area contributed by atoms with Crippen LogP contribution in [0.4, 0.5) is 5.82 Å². The number of esters is 1. The molecule has 1 unspecified atom stereocenters. The number of likely N-dealkylation sites (tertiary alicyclic amines) is 1. The van der Waals surface area contributed by atoms with E-state index in [-0.39, 0.29) is 12.1 Å². The predicted molar refractivity (Wildman–Crippen MR) is 101 cm³/mol. The molecule has 0 amide bonds. The van der Waals surface area contributed by atoms with Crippen molar-refractivity contribution < 1.29 is 14.3 Å². The van der Waals surface area contributed by atoms with Gasteiger partial charge in [-0.05, 0) is 30.4 Å². The van der Waals surface area contributed by atoms with Crippen molar-refractivity contribution in [1.29, 1.82) is 0 Å². The Bertz CT molecular complexity index is 788. The van der Waals surface area contributed by atoms with Gasteiger partial charge in [-0.2, -0.15) is 0 Å². The number of rotatable bonds is 6. The highest BCUT2D eigenvalue weighted by Gasteiger charge is 2.26. The average molecular weight is 368 g/mol. The topological polar surface area (TPSA) is 76.6 Å². The summed E-state index contributed by atoms with van der Waals surface area (Å²) in [5.74, 6) is 1.12. The third-order valence-electron chi connectivity index (χ3n) is 5.14. The second-order valence-electron chi connectivity index (χ2n) is 7.10. The molecule has 0 bridgehead atoms. The van der Waals surface area contributed by atoms with Gasteiger partial charge >= 0.3 is 5.97 Å². The van der Waals surface area contributed by atoms with Crippen molar-refractivity contribution >= 4 is 11.8 Å². The number of fused-ring (bicyclic) bond motifs is 1. The van der Waals surface area contributed by atoms with E-state index in [9.17, 15) is 4.79 Å². The molecule has 0 spiro atoms. The number of ether oxygens (including phenoxy) is 2. The van der Waals surface area contributed by atoms with Crippen LogP contribution in [0.5, 0.6) is 5.88 Å². The van der Waals surface area contributed by atoms with Crippen LogP contribution in [-0.2, 0) is 22.4 Å². The summed E-state index contributed by atoms with van der Waals surface area (Å²) in [5, 5.41) is 3.49. The first-order chi connectivity index (χ1) is 13.2. The van der Waals surface area contributed by atoms with Crippen molar-refractivity contribution in [3.8, 4) is 5.88 Å². The predicted octanol–water partition coefficient (Wildman–Crippen LogP) is 1.68. The van der Waals surface area contributed by atoms with Crippen molar-refractivity contribution in [3.63, 3.8) is 0 Å². The molecule has 1 aliphatic heterocycles. The molecule has 1 aliphatic carbocycles. The Morgan fingerprint density at radius 1 is 1.26 bits per heavy atom. The standard InChI is InChI=1S/C20H24N4O3/c1-26-20(25)12-24-7-6-17(11-24)27-19-10-18(21-13-22-19)23-16-8-14-4-2-3-5-15(14)9-16/h2-5,10,13,16-17H,6-9,11-12H2,1H3,(H,21,22,23). The normalized spacial score (nSPS) is 19.7. The number of aromatic nitrogens is 2. The average Bonchev–Trinajstić information content (AvgIpc) is 3.27. The van der Waals surface area contributed by atoms with Gasteiger partial charge in [0.15, 0.2) is 0 Å². The molecule has 7 heteroatoms. The molecule has 1 atom stereocenters. The molecule has 1 aromatic heterocycles. The molecule has 4 rings (SSSR count). The van der Waals surface area contributed by atoms with Crippen molar-refractivity contribution in [2.45, 2.75) is 31.4 Å². The Morgan fingerprint density at radius 2 is 2.04 bits per heavy atom. The van der Waals surface area contributed by atoms with Crippen LogP contribution >= 0.6 is 0 Å². The molecule has 2 aromatic rings. The molecule has 27 heavy (non-hydrogen) atoms. The largest absolute Gasteiger partial charge is 0.473 e. The van der Waals surface area contributed by atoms with E-state index in [0.29, 0.717) is 25.0 Å². The molecule has 1 saturated heterocycles. The van der Waals surface area contributed by atoms with Crippen LogP contribution in [-0.4, -0.2) is 59.7 Å². The quantitative estimate of drug-likeness (QED) is 0.778. The van der Waals surface area contributed by atoms with Crippen LogP contribution < -0.4 is 10.1 Å². The Labute approximate surface area is 158 Å². The van der Waals surface area contributed by atoms with Crippen molar-refractivity contribution in [2.24, 2.45) is 0 Å². The molecule has 7 nitrogen and oxygen atoms in total. The van der Waals surface area contributed by atoms with Crippen LogP contribution in [0.3, 0.4) is 0 Å². The van der Waals surface area contributed by atoms with Crippen molar-refractivity contribution in [2.75, 3.05) is 32.1 Å². The molecule has 1 fully saturated rings. The minimum atomic E-state index is -0.221. The zero-order valence-electron chi connectivity index (χ0n) is 15.4. The highest BCUT2D eigenvalue weighted by Crippen LogP contribution is 2.25. The zero-order chi connectivity index (χ0) is 18.6. The highest BCUT2D eigenvalue weighted by atomic mass is 16.5. The summed E-state index contributed by atoms with van der Waals surface area (Å²) in [5.41, 5.74) is 2.80. The van der Waals surface area contributed by atoms with Crippen LogP contribution in [0.15, 0.2) is 36.7 Å². The summed E-state index contributed by atoms with van der Waals surface area (Å²) in [6.07, 6.45) is 4.42. The van der Waals surface area contributed by atoms with Crippen LogP contribution in [0.25, 0.3) is 0 Å². The van der Waals surface area contributed by atoms with Crippen molar-refractivity contribution in [3.05, 3.63) is 47.8 Å². The number of anilines is 1. The number of carbonyl (C=O) groups excluding carboxylic acids is 1.